The van der Waals surface area contributed by atoms with Crippen LogP contribution in [-0.2, 0) is 9.53 Å². The van der Waals surface area contributed by atoms with Gasteiger partial charge in [-0.3, -0.25) is 9.59 Å². The van der Waals surface area contributed by atoms with E-state index in [-0.39, 0.29) is 12.4 Å². The molecule has 0 saturated heterocycles. The van der Waals surface area contributed by atoms with Crippen LogP contribution in [0.25, 0.3) is 0 Å². The topological polar surface area (TPSA) is 52.6 Å². The van der Waals surface area contributed by atoms with E-state index in [4.69, 9.17) is 9.47 Å². The molecule has 0 saturated carbocycles. The molecule has 0 spiro atoms. The fourth-order valence-corrected chi connectivity index (χ4v) is 1.46. The zero-order valence-electron chi connectivity index (χ0n) is 10.2. The van der Waals surface area contributed by atoms with E-state index in [0.717, 1.165) is 0 Å². The molecular weight excluding hydrogens is 220 g/mol. The lowest BCUT2D eigenvalue weighted by molar-refractivity contribution is -0.145. The van der Waals surface area contributed by atoms with Gasteiger partial charge in [-0.1, -0.05) is 12.1 Å². The van der Waals surface area contributed by atoms with Crippen molar-refractivity contribution in [2.75, 3.05) is 13.7 Å². The van der Waals surface area contributed by atoms with E-state index in [0.29, 0.717) is 11.3 Å². The van der Waals surface area contributed by atoms with Gasteiger partial charge < -0.3 is 9.47 Å². The van der Waals surface area contributed by atoms with Crippen LogP contribution < -0.4 is 4.74 Å². The van der Waals surface area contributed by atoms with E-state index in [1.54, 1.807) is 31.2 Å². The van der Waals surface area contributed by atoms with Crippen molar-refractivity contribution < 1.29 is 19.1 Å². The van der Waals surface area contributed by atoms with E-state index in [9.17, 15) is 9.59 Å². The smallest absolute Gasteiger partial charge is 0.316 e. The summed E-state index contributed by atoms with van der Waals surface area (Å²) in [5.41, 5.74) is 0.399. The zero-order chi connectivity index (χ0) is 12.8. The van der Waals surface area contributed by atoms with E-state index < -0.39 is 11.9 Å². The molecule has 1 unspecified atom stereocenters. The molecule has 0 fully saturated rings. The van der Waals surface area contributed by atoms with Crippen LogP contribution in [0.3, 0.4) is 0 Å². The Kier molecular flexibility index (Phi) is 4.69. The molecule has 0 aromatic heterocycles. The Bertz CT molecular complexity index is 412. The normalized spacial score (nSPS) is 11.7. The number of Topliss-reactive ketones (excluding diaryl/α,β-unsaturated/α-hetero) is 1. The lowest BCUT2D eigenvalue weighted by atomic mass is 9.99. The maximum absolute atomic E-state index is 12.1. The third kappa shape index (κ3) is 3.06. The first kappa shape index (κ1) is 13.2. The number of hydrogen-bond donors (Lipinski definition) is 0. The van der Waals surface area contributed by atoms with Crippen molar-refractivity contribution in [2.45, 2.75) is 13.8 Å². The summed E-state index contributed by atoms with van der Waals surface area (Å²) in [6.07, 6.45) is 0. The van der Waals surface area contributed by atoms with Gasteiger partial charge in [0.05, 0.1) is 19.3 Å². The number of benzene rings is 1. The van der Waals surface area contributed by atoms with E-state index >= 15 is 0 Å². The highest BCUT2D eigenvalue weighted by Crippen LogP contribution is 2.21. The second-order valence-corrected chi connectivity index (χ2v) is 3.54. The van der Waals surface area contributed by atoms with Crippen molar-refractivity contribution in [1.82, 2.24) is 0 Å². The van der Waals surface area contributed by atoms with Crippen molar-refractivity contribution >= 4 is 11.8 Å². The van der Waals surface area contributed by atoms with Crippen LogP contribution in [0.2, 0.25) is 0 Å². The minimum atomic E-state index is -0.814. The molecule has 0 aliphatic rings. The Morgan fingerprint density at radius 1 is 1.29 bits per heavy atom. The quantitative estimate of drug-likeness (QED) is 0.446. The van der Waals surface area contributed by atoms with Crippen molar-refractivity contribution in [3.8, 4) is 5.75 Å². The molecule has 1 aromatic carbocycles. The molecular formula is C13H16O4. The molecule has 0 aliphatic carbocycles. The number of hydrogen-bond acceptors (Lipinski definition) is 4. The highest BCUT2D eigenvalue weighted by atomic mass is 16.5. The fourth-order valence-electron chi connectivity index (χ4n) is 1.46. The number of carbonyl (C=O) groups excluding carboxylic acids is 2. The number of para-hydroxylation sites is 1. The van der Waals surface area contributed by atoms with Crippen LogP contribution in [0.1, 0.15) is 24.2 Å². The molecule has 0 amide bonds. The summed E-state index contributed by atoms with van der Waals surface area (Å²) < 4.78 is 9.90. The average molecular weight is 236 g/mol. The minimum absolute atomic E-state index is 0.266. The number of carbonyl (C=O) groups is 2. The van der Waals surface area contributed by atoms with Crippen molar-refractivity contribution in [2.24, 2.45) is 5.92 Å². The summed E-state index contributed by atoms with van der Waals surface area (Å²) >= 11 is 0. The van der Waals surface area contributed by atoms with Gasteiger partial charge in [0.25, 0.3) is 0 Å². The summed E-state index contributed by atoms with van der Waals surface area (Å²) in [7, 11) is 1.49. The summed E-state index contributed by atoms with van der Waals surface area (Å²) in [6, 6.07) is 6.82. The number of ketones is 1. The minimum Gasteiger partial charge on any atom is -0.496 e. The van der Waals surface area contributed by atoms with Crippen LogP contribution in [-0.4, -0.2) is 25.5 Å². The van der Waals surface area contributed by atoms with Gasteiger partial charge in [0.2, 0.25) is 0 Å². The molecule has 0 aliphatic heterocycles. The monoisotopic (exact) mass is 236 g/mol. The Morgan fingerprint density at radius 2 is 1.94 bits per heavy atom. The molecule has 4 nitrogen and oxygen atoms in total. The van der Waals surface area contributed by atoms with Gasteiger partial charge in [0.1, 0.15) is 11.7 Å². The standard InChI is InChI=1S/C13H16O4/c1-4-17-13(15)9(2)12(14)10-7-5-6-8-11(10)16-3/h5-9H,4H2,1-3H3. The third-order valence-corrected chi connectivity index (χ3v) is 2.41. The maximum atomic E-state index is 12.1. The highest BCUT2D eigenvalue weighted by Gasteiger charge is 2.25. The second kappa shape index (κ2) is 6.03. The number of esters is 1. The number of ether oxygens (including phenoxy) is 2. The molecule has 1 rings (SSSR count). The van der Waals surface area contributed by atoms with Crippen LogP contribution in [0.15, 0.2) is 24.3 Å². The van der Waals surface area contributed by atoms with Gasteiger partial charge in [-0.2, -0.15) is 0 Å². The van der Waals surface area contributed by atoms with Gasteiger partial charge in [-0.05, 0) is 26.0 Å². The first-order chi connectivity index (χ1) is 8.11. The van der Waals surface area contributed by atoms with Crippen LogP contribution in [0.5, 0.6) is 5.75 Å². The highest BCUT2D eigenvalue weighted by molar-refractivity contribution is 6.09. The largest absolute Gasteiger partial charge is 0.496 e. The molecule has 17 heavy (non-hydrogen) atoms. The van der Waals surface area contributed by atoms with E-state index in [1.165, 1.54) is 14.0 Å². The van der Waals surface area contributed by atoms with Gasteiger partial charge in [-0.15, -0.1) is 0 Å². The van der Waals surface area contributed by atoms with E-state index in [1.807, 2.05) is 0 Å². The lowest BCUT2D eigenvalue weighted by Crippen LogP contribution is -2.23. The first-order valence-electron chi connectivity index (χ1n) is 5.45. The molecule has 0 bridgehead atoms. The summed E-state index contributed by atoms with van der Waals surface area (Å²) in [5.74, 6) is -1.15. The first-order valence-corrected chi connectivity index (χ1v) is 5.45. The van der Waals surface area contributed by atoms with Gasteiger partial charge >= 0.3 is 5.97 Å². The molecule has 92 valence electrons. The zero-order valence-corrected chi connectivity index (χ0v) is 10.2. The number of rotatable bonds is 5. The molecule has 1 aromatic rings. The van der Waals surface area contributed by atoms with Crippen LogP contribution in [0, 0.1) is 5.92 Å². The summed E-state index contributed by atoms with van der Waals surface area (Å²) in [4.78, 5) is 23.5. The van der Waals surface area contributed by atoms with Crippen molar-refractivity contribution in [3.63, 3.8) is 0 Å². The molecule has 0 radical (unpaired) electrons. The SMILES string of the molecule is CCOC(=O)C(C)C(=O)c1ccccc1OC. The average Bonchev–Trinajstić information content (AvgIpc) is 2.37. The maximum Gasteiger partial charge on any atom is 0.316 e. The van der Waals surface area contributed by atoms with Gasteiger partial charge in [-0.25, -0.2) is 0 Å². The molecule has 0 heterocycles. The Morgan fingerprint density at radius 3 is 2.53 bits per heavy atom. The fraction of sp³-hybridized carbons (Fsp3) is 0.385. The van der Waals surface area contributed by atoms with Crippen LogP contribution >= 0.6 is 0 Å². The lowest BCUT2D eigenvalue weighted by Gasteiger charge is -2.11. The number of methoxy groups -OCH3 is 1. The Labute approximate surface area is 101 Å². The molecule has 0 N–H and O–H groups in total. The van der Waals surface area contributed by atoms with Gasteiger partial charge in [0.15, 0.2) is 5.78 Å². The van der Waals surface area contributed by atoms with Crippen molar-refractivity contribution in [3.05, 3.63) is 29.8 Å². The predicted molar refractivity (Wildman–Crippen MR) is 63.1 cm³/mol. The van der Waals surface area contributed by atoms with E-state index in [2.05, 4.69) is 0 Å². The predicted octanol–water partition coefficient (Wildman–Crippen LogP) is 2.08. The van der Waals surface area contributed by atoms with Gasteiger partial charge in [0, 0.05) is 0 Å². The summed E-state index contributed by atoms with van der Waals surface area (Å²) in [5, 5.41) is 0. The Hall–Kier alpha value is -1.84. The second-order valence-electron chi connectivity index (χ2n) is 3.54. The molecule has 1 atom stereocenters. The van der Waals surface area contributed by atoms with Crippen molar-refractivity contribution in [1.29, 1.82) is 0 Å². The third-order valence-electron chi connectivity index (χ3n) is 2.41. The van der Waals surface area contributed by atoms with Crippen LogP contribution in [0.4, 0.5) is 0 Å². The summed E-state index contributed by atoms with van der Waals surface area (Å²) in [6.45, 7) is 3.51. The molecule has 4 heteroatoms. The Balaban J connectivity index is 2.92.